The molecule has 1 saturated heterocycles. The second-order valence-corrected chi connectivity index (χ2v) is 4.50. The van der Waals surface area contributed by atoms with Crippen LogP contribution in [0.4, 0.5) is 0 Å². The molecule has 0 radical (unpaired) electrons. The summed E-state index contributed by atoms with van der Waals surface area (Å²) in [6.45, 7) is 10.6. The lowest BCUT2D eigenvalue weighted by atomic mass is 9.99. The molecule has 110 valence electrons. The lowest BCUT2D eigenvalue weighted by Gasteiger charge is -2.21. The standard InChI is InChI=1S/C13H23N3O2.HI/c1-5-7-15-13(14-6-2)16-8-10(3)11(9-16)12(17)18-4;/h5,10-11H,1,6-9H2,2-4H3,(H,14,15);1H. The number of hydrogen-bond acceptors (Lipinski definition) is 3. The van der Waals surface area contributed by atoms with Gasteiger partial charge in [0, 0.05) is 19.6 Å². The van der Waals surface area contributed by atoms with E-state index in [9.17, 15) is 4.79 Å². The van der Waals surface area contributed by atoms with Crippen molar-refractivity contribution in [2.75, 3.05) is 33.3 Å². The van der Waals surface area contributed by atoms with Crippen molar-refractivity contribution in [1.29, 1.82) is 0 Å². The van der Waals surface area contributed by atoms with E-state index in [0.717, 1.165) is 19.0 Å². The Morgan fingerprint density at radius 3 is 2.79 bits per heavy atom. The third-order valence-electron chi connectivity index (χ3n) is 3.12. The summed E-state index contributed by atoms with van der Waals surface area (Å²) in [5.41, 5.74) is 0. The van der Waals surface area contributed by atoms with Crippen LogP contribution in [-0.4, -0.2) is 50.1 Å². The van der Waals surface area contributed by atoms with Crippen molar-refractivity contribution in [3.8, 4) is 0 Å². The largest absolute Gasteiger partial charge is 0.469 e. The number of carbonyl (C=O) groups is 1. The van der Waals surface area contributed by atoms with Gasteiger partial charge in [0.25, 0.3) is 0 Å². The molecule has 1 aliphatic rings. The SMILES string of the molecule is C=CCN=C(NCC)N1CC(C)C(C(=O)OC)C1.I. The van der Waals surface area contributed by atoms with Gasteiger partial charge in [0.2, 0.25) is 0 Å². The highest BCUT2D eigenvalue weighted by molar-refractivity contribution is 14.0. The van der Waals surface area contributed by atoms with Crippen molar-refractivity contribution in [3.63, 3.8) is 0 Å². The smallest absolute Gasteiger partial charge is 0.310 e. The molecule has 1 heterocycles. The van der Waals surface area contributed by atoms with Crippen molar-refractivity contribution < 1.29 is 9.53 Å². The molecular formula is C13H24IN3O2. The molecule has 1 rings (SSSR count). The predicted octanol–water partition coefficient (Wildman–Crippen LogP) is 1.50. The van der Waals surface area contributed by atoms with E-state index < -0.39 is 0 Å². The summed E-state index contributed by atoms with van der Waals surface area (Å²) < 4.78 is 4.83. The number of rotatable bonds is 4. The molecule has 0 saturated carbocycles. The van der Waals surface area contributed by atoms with Gasteiger partial charge >= 0.3 is 5.97 Å². The summed E-state index contributed by atoms with van der Waals surface area (Å²) in [6.07, 6.45) is 1.76. The fourth-order valence-corrected chi connectivity index (χ4v) is 2.17. The molecule has 1 fully saturated rings. The first-order valence-electron chi connectivity index (χ1n) is 6.36. The summed E-state index contributed by atoms with van der Waals surface area (Å²) in [7, 11) is 1.44. The molecule has 0 bridgehead atoms. The Labute approximate surface area is 132 Å². The first-order chi connectivity index (χ1) is 8.63. The van der Waals surface area contributed by atoms with E-state index in [1.54, 1.807) is 6.08 Å². The van der Waals surface area contributed by atoms with E-state index in [0.29, 0.717) is 13.1 Å². The summed E-state index contributed by atoms with van der Waals surface area (Å²) in [6, 6.07) is 0. The number of nitrogens with one attached hydrogen (secondary N) is 1. The average Bonchev–Trinajstić information content (AvgIpc) is 2.75. The number of guanidine groups is 1. The molecule has 1 aliphatic heterocycles. The van der Waals surface area contributed by atoms with Gasteiger partial charge in [-0.1, -0.05) is 13.0 Å². The second kappa shape index (κ2) is 9.17. The molecule has 0 spiro atoms. The topological polar surface area (TPSA) is 53.9 Å². The van der Waals surface area contributed by atoms with E-state index >= 15 is 0 Å². The lowest BCUT2D eigenvalue weighted by molar-refractivity contribution is -0.145. The summed E-state index contributed by atoms with van der Waals surface area (Å²) in [5.74, 6) is 0.924. The van der Waals surface area contributed by atoms with Gasteiger partial charge < -0.3 is 15.0 Å². The van der Waals surface area contributed by atoms with E-state index in [1.165, 1.54) is 7.11 Å². The fourth-order valence-electron chi connectivity index (χ4n) is 2.17. The Hall–Kier alpha value is -0.790. The van der Waals surface area contributed by atoms with E-state index in [2.05, 4.69) is 28.7 Å². The Morgan fingerprint density at radius 1 is 1.58 bits per heavy atom. The molecule has 19 heavy (non-hydrogen) atoms. The molecule has 0 aromatic rings. The van der Waals surface area contributed by atoms with Crippen molar-refractivity contribution >= 4 is 35.9 Å². The van der Waals surface area contributed by atoms with Crippen LogP contribution in [0.3, 0.4) is 0 Å². The molecule has 0 aromatic carbocycles. The Morgan fingerprint density at radius 2 is 2.26 bits per heavy atom. The van der Waals surface area contributed by atoms with E-state index in [-0.39, 0.29) is 41.8 Å². The first kappa shape index (κ1) is 18.2. The van der Waals surface area contributed by atoms with Gasteiger partial charge in [-0.15, -0.1) is 30.6 Å². The third kappa shape index (κ3) is 5.00. The van der Waals surface area contributed by atoms with Crippen LogP contribution in [0.5, 0.6) is 0 Å². The maximum Gasteiger partial charge on any atom is 0.310 e. The number of likely N-dealkylation sites (tertiary alicyclic amines) is 1. The number of carbonyl (C=O) groups excluding carboxylic acids is 1. The van der Waals surface area contributed by atoms with Gasteiger partial charge in [0.1, 0.15) is 0 Å². The lowest BCUT2D eigenvalue weighted by Crippen LogP contribution is -2.40. The fraction of sp³-hybridized carbons (Fsp3) is 0.692. The average molecular weight is 381 g/mol. The number of ether oxygens (including phenoxy) is 1. The molecular weight excluding hydrogens is 357 g/mol. The van der Waals surface area contributed by atoms with Gasteiger partial charge in [-0.2, -0.15) is 0 Å². The quantitative estimate of drug-likeness (QED) is 0.264. The highest BCUT2D eigenvalue weighted by Gasteiger charge is 2.36. The first-order valence-corrected chi connectivity index (χ1v) is 6.36. The number of hydrogen-bond donors (Lipinski definition) is 1. The van der Waals surface area contributed by atoms with Crippen LogP contribution in [0, 0.1) is 11.8 Å². The molecule has 5 nitrogen and oxygen atoms in total. The van der Waals surface area contributed by atoms with Crippen LogP contribution in [-0.2, 0) is 9.53 Å². The summed E-state index contributed by atoms with van der Waals surface area (Å²) >= 11 is 0. The van der Waals surface area contributed by atoms with Crippen LogP contribution in [0.2, 0.25) is 0 Å². The minimum absolute atomic E-state index is 0. The zero-order valence-corrected chi connectivity index (χ0v) is 14.2. The maximum absolute atomic E-state index is 11.6. The van der Waals surface area contributed by atoms with Crippen molar-refractivity contribution in [3.05, 3.63) is 12.7 Å². The molecule has 0 aromatic heterocycles. The zero-order valence-electron chi connectivity index (χ0n) is 11.9. The van der Waals surface area contributed by atoms with Crippen LogP contribution in [0.25, 0.3) is 0 Å². The van der Waals surface area contributed by atoms with E-state index in [1.807, 2.05) is 6.92 Å². The number of methoxy groups -OCH3 is 1. The van der Waals surface area contributed by atoms with Crippen LogP contribution in [0.1, 0.15) is 13.8 Å². The maximum atomic E-state index is 11.6. The van der Waals surface area contributed by atoms with Crippen LogP contribution < -0.4 is 5.32 Å². The minimum Gasteiger partial charge on any atom is -0.469 e. The van der Waals surface area contributed by atoms with Crippen molar-refractivity contribution in [2.24, 2.45) is 16.8 Å². The van der Waals surface area contributed by atoms with Crippen LogP contribution in [0.15, 0.2) is 17.6 Å². The summed E-state index contributed by atoms with van der Waals surface area (Å²) in [5, 5.41) is 3.23. The van der Waals surface area contributed by atoms with Crippen molar-refractivity contribution in [2.45, 2.75) is 13.8 Å². The monoisotopic (exact) mass is 381 g/mol. The molecule has 2 atom stereocenters. The number of aliphatic imine (C=N–C) groups is 1. The zero-order chi connectivity index (χ0) is 13.5. The van der Waals surface area contributed by atoms with Gasteiger partial charge in [-0.3, -0.25) is 4.79 Å². The van der Waals surface area contributed by atoms with Crippen LogP contribution >= 0.6 is 24.0 Å². The Bertz CT molecular complexity index is 334. The number of esters is 1. The van der Waals surface area contributed by atoms with Gasteiger partial charge in [0.05, 0.1) is 19.6 Å². The summed E-state index contributed by atoms with van der Waals surface area (Å²) in [4.78, 5) is 18.2. The second-order valence-electron chi connectivity index (χ2n) is 4.50. The number of halogens is 1. The highest BCUT2D eigenvalue weighted by Crippen LogP contribution is 2.24. The molecule has 1 N–H and O–H groups in total. The molecule has 0 amide bonds. The predicted molar refractivity (Wildman–Crippen MR) is 87.8 cm³/mol. The Balaban J connectivity index is 0.00000324. The normalized spacial score (nSPS) is 22.7. The molecule has 6 heteroatoms. The molecule has 0 aliphatic carbocycles. The third-order valence-corrected chi connectivity index (χ3v) is 3.12. The van der Waals surface area contributed by atoms with Crippen molar-refractivity contribution in [1.82, 2.24) is 10.2 Å². The van der Waals surface area contributed by atoms with Gasteiger partial charge in [-0.05, 0) is 12.8 Å². The molecule has 2 unspecified atom stereocenters. The minimum atomic E-state index is -0.135. The van der Waals surface area contributed by atoms with Gasteiger partial charge in [0.15, 0.2) is 5.96 Å². The number of nitrogens with zero attached hydrogens (tertiary/aromatic N) is 2. The Kier molecular flexibility index (Phi) is 8.79. The van der Waals surface area contributed by atoms with E-state index in [4.69, 9.17) is 4.74 Å². The van der Waals surface area contributed by atoms with Gasteiger partial charge in [-0.25, -0.2) is 4.99 Å². The highest BCUT2D eigenvalue weighted by atomic mass is 127.